The number of alkyl halides is 1. The van der Waals surface area contributed by atoms with Crippen LogP contribution < -0.4 is 0 Å². The number of rotatable bonds is 1. The minimum Gasteiger partial charge on any atom is -0.246 e. The van der Waals surface area contributed by atoms with Crippen molar-refractivity contribution in [1.82, 2.24) is 0 Å². The number of hydrogen-bond donors (Lipinski definition) is 0. The molecule has 13 heavy (non-hydrogen) atoms. The Morgan fingerprint density at radius 1 is 1.31 bits per heavy atom. The molecule has 0 aliphatic heterocycles. The van der Waals surface area contributed by atoms with Gasteiger partial charge in [-0.25, -0.2) is 4.39 Å². The van der Waals surface area contributed by atoms with Crippen LogP contribution in [0.25, 0.3) is 10.1 Å². The van der Waals surface area contributed by atoms with Crippen molar-refractivity contribution in [3.05, 3.63) is 34.2 Å². The maximum atomic E-state index is 12.4. The van der Waals surface area contributed by atoms with Gasteiger partial charge < -0.3 is 0 Å². The van der Waals surface area contributed by atoms with E-state index in [1.807, 2.05) is 18.2 Å². The van der Waals surface area contributed by atoms with Crippen molar-refractivity contribution in [3.63, 3.8) is 0 Å². The fourth-order valence-electron chi connectivity index (χ4n) is 1.48. The number of fused-ring (bicyclic) bond motifs is 1. The Bertz CT molecular complexity index is 443. The Labute approximate surface area is 81.0 Å². The van der Waals surface area contributed by atoms with Gasteiger partial charge in [-0.2, -0.15) is 0 Å². The molecule has 0 aliphatic carbocycles. The highest BCUT2D eigenvalue weighted by atomic mass is 32.1. The topological polar surface area (TPSA) is 0 Å². The van der Waals surface area contributed by atoms with Crippen molar-refractivity contribution in [2.75, 3.05) is 0 Å². The van der Waals surface area contributed by atoms with E-state index in [2.05, 4.69) is 13.8 Å². The van der Waals surface area contributed by atoms with Crippen molar-refractivity contribution in [3.8, 4) is 0 Å². The molecular formula is C11H11FS. The summed E-state index contributed by atoms with van der Waals surface area (Å²) in [5.74, 6) is 0. The molecule has 1 heterocycles. The highest BCUT2D eigenvalue weighted by Gasteiger charge is 2.04. The largest absolute Gasteiger partial charge is 0.246 e. The predicted octanol–water partition coefficient (Wildman–Crippen LogP) is 3.99. The summed E-state index contributed by atoms with van der Waals surface area (Å²) in [7, 11) is 0. The van der Waals surface area contributed by atoms with E-state index in [9.17, 15) is 4.39 Å². The lowest BCUT2D eigenvalue weighted by molar-refractivity contribution is 0.485. The molecule has 0 atom stereocenters. The zero-order chi connectivity index (χ0) is 9.42. The Hall–Kier alpha value is -0.890. The van der Waals surface area contributed by atoms with E-state index < -0.39 is 0 Å². The number of benzene rings is 1. The van der Waals surface area contributed by atoms with Crippen LogP contribution in [0.4, 0.5) is 4.39 Å². The highest BCUT2D eigenvalue weighted by Crippen LogP contribution is 2.30. The molecule has 68 valence electrons. The second kappa shape index (κ2) is 3.11. The van der Waals surface area contributed by atoms with E-state index in [1.54, 1.807) is 11.3 Å². The smallest absolute Gasteiger partial charge is 0.115 e. The third-order valence-electron chi connectivity index (χ3n) is 2.40. The molecule has 0 saturated carbocycles. The quantitative estimate of drug-likeness (QED) is 0.644. The van der Waals surface area contributed by atoms with Gasteiger partial charge in [0.25, 0.3) is 0 Å². The summed E-state index contributed by atoms with van der Waals surface area (Å²) < 4.78 is 13.6. The standard InChI is InChI=1S/C11H11FS/c1-7-8(2)13-11-5-9(6-12)3-4-10(7)11/h3-5H,6H2,1-2H3. The van der Waals surface area contributed by atoms with Gasteiger partial charge in [0.2, 0.25) is 0 Å². The predicted molar refractivity (Wildman–Crippen MR) is 56.1 cm³/mol. The van der Waals surface area contributed by atoms with Crippen LogP contribution in [-0.2, 0) is 6.67 Å². The zero-order valence-electron chi connectivity index (χ0n) is 7.73. The van der Waals surface area contributed by atoms with Gasteiger partial charge in [0, 0.05) is 9.58 Å². The molecule has 0 radical (unpaired) electrons. The first kappa shape index (κ1) is 8.70. The maximum Gasteiger partial charge on any atom is 0.115 e. The van der Waals surface area contributed by atoms with E-state index in [4.69, 9.17) is 0 Å². The van der Waals surface area contributed by atoms with Crippen molar-refractivity contribution in [1.29, 1.82) is 0 Å². The normalized spacial score (nSPS) is 11.0. The molecule has 2 rings (SSSR count). The minimum atomic E-state index is -0.369. The van der Waals surface area contributed by atoms with Crippen LogP contribution in [0.5, 0.6) is 0 Å². The Balaban J connectivity index is 2.73. The van der Waals surface area contributed by atoms with Crippen molar-refractivity contribution < 1.29 is 4.39 Å². The summed E-state index contributed by atoms with van der Waals surface area (Å²) >= 11 is 1.74. The average molecular weight is 194 g/mol. The number of halogens is 1. The zero-order valence-corrected chi connectivity index (χ0v) is 8.54. The highest BCUT2D eigenvalue weighted by molar-refractivity contribution is 7.19. The van der Waals surface area contributed by atoms with Crippen LogP contribution in [-0.4, -0.2) is 0 Å². The van der Waals surface area contributed by atoms with Crippen LogP contribution in [0.1, 0.15) is 16.0 Å². The molecule has 0 saturated heterocycles. The van der Waals surface area contributed by atoms with Crippen molar-refractivity contribution in [2.24, 2.45) is 0 Å². The summed E-state index contributed by atoms with van der Waals surface area (Å²) in [6, 6.07) is 5.82. The van der Waals surface area contributed by atoms with Crippen LogP contribution in [0.3, 0.4) is 0 Å². The minimum absolute atomic E-state index is 0.369. The van der Waals surface area contributed by atoms with Crippen LogP contribution in [0.15, 0.2) is 18.2 Å². The first-order valence-corrected chi connectivity index (χ1v) is 5.08. The van der Waals surface area contributed by atoms with E-state index in [-0.39, 0.29) is 6.67 Å². The van der Waals surface area contributed by atoms with Gasteiger partial charge in [-0.15, -0.1) is 11.3 Å². The van der Waals surface area contributed by atoms with Gasteiger partial charge in [0.15, 0.2) is 0 Å². The van der Waals surface area contributed by atoms with Crippen LogP contribution in [0, 0.1) is 13.8 Å². The number of hydrogen-bond acceptors (Lipinski definition) is 1. The third kappa shape index (κ3) is 1.35. The fourth-order valence-corrected chi connectivity index (χ4v) is 2.61. The molecule has 1 aromatic heterocycles. The molecule has 0 aliphatic rings. The lowest BCUT2D eigenvalue weighted by Crippen LogP contribution is -1.76. The molecule has 0 N–H and O–H groups in total. The molecule has 0 unspecified atom stereocenters. The summed E-state index contributed by atoms with van der Waals surface area (Å²) in [4.78, 5) is 1.33. The van der Waals surface area contributed by atoms with Crippen molar-refractivity contribution >= 4 is 21.4 Å². The lowest BCUT2D eigenvalue weighted by atomic mass is 10.1. The monoisotopic (exact) mass is 194 g/mol. The molecule has 2 aromatic rings. The Morgan fingerprint density at radius 3 is 2.77 bits per heavy atom. The second-order valence-electron chi connectivity index (χ2n) is 3.25. The number of thiophene rings is 1. The summed E-state index contributed by atoms with van der Waals surface area (Å²) in [5, 5.41) is 1.26. The van der Waals surface area contributed by atoms with E-state index in [0.717, 1.165) is 5.56 Å². The first-order valence-electron chi connectivity index (χ1n) is 4.27. The van der Waals surface area contributed by atoms with Crippen LogP contribution >= 0.6 is 11.3 Å². The van der Waals surface area contributed by atoms with Gasteiger partial charge in [-0.1, -0.05) is 12.1 Å². The van der Waals surface area contributed by atoms with Gasteiger partial charge >= 0.3 is 0 Å². The molecule has 0 spiro atoms. The van der Waals surface area contributed by atoms with Crippen molar-refractivity contribution in [2.45, 2.75) is 20.5 Å². The maximum absolute atomic E-state index is 12.4. The molecule has 0 fully saturated rings. The molecular weight excluding hydrogens is 183 g/mol. The molecule has 1 aromatic carbocycles. The first-order chi connectivity index (χ1) is 6.22. The van der Waals surface area contributed by atoms with Gasteiger partial charge in [-0.3, -0.25) is 0 Å². The second-order valence-corrected chi connectivity index (χ2v) is 4.50. The number of aryl methyl sites for hydroxylation is 2. The van der Waals surface area contributed by atoms with E-state index in [0.29, 0.717) is 0 Å². The molecule has 0 amide bonds. The van der Waals surface area contributed by atoms with Gasteiger partial charge in [-0.05, 0) is 36.4 Å². The Morgan fingerprint density at radius 2 is 2.08 bits per heavy atom. The lowest BCUT2D eigenvalue weighted by Gasteiger charge is -1.94. The third-order valence-corrected chi connectivity index (χ3v) is 3.57. The summed E-state index contributed by atoms with van der Waals surface area (Å²) in [6.45, 7) is 3.85. The molecule has 2 heteroatoms. The fraction of sp³-hybridized carbons (Fsp3) is 0.273. The van der Waals surface area contributed by atoms with Gasteiger partial charge in [0.1, 0.15) is 6.67 Å². The van der Waals surface area contributed by atoms with Gasteiger partial charge in [0.05, 0.1) is 0 Å². The summed E-state index contributed by atoms with van der Waals surface area (Å²) in [5.41, 5.74) is 2.10. The average Bonchev–Trinajstić information content (AvgIpc) is 2.42. The van der Waals surface area contributed by atoms with Crippen LogP contribution in [0.2, 0.25) is 0 Å². The SMILES string of the molecule is Cc1sc2cc(CF)ccc2c1C. The Kier molecular flexibility index (Phi) is 2.08. The van der Waals surface area contributed by atoms with E-state index >= 15 is 0 Å². The summed E-state index contributed by atoms with van der Waals surface area (Å²) in [6.07, 6.45) is 0. The van der Waals surface area contributed by atoms with E-state index in [1.165, 1.54) is 20.5 Å². The molecule has 0 bridgehead atoms. The molecule has 0 nitrogen and oxygen atoms in total.